The molecule has 178 valence electrons. The Labute approximate surface area is 188 Å². The summed E-state index contributed by atoms with van der Waals surface area (Å²) in [5.41, 5.74) is -1.14. The van der Waals surface area contributed by atoms with Crippen molar-refractivity contribution in [2.45, 2.75) is 77.5 Å². The van der Waals surface area contributed by atoms with E-state index < -0.39 is 11.2 Å². The SMILES string of the molecule is CC(OCCOCC(=O)OC(C)(C)C)SSC(C)OCCOCC(=O)OC(C)(C)C. The Hall–Kier alpha value is -0.520. The van der Waals surface area contributed by atoms with Gasteiger partial charge in [-0.05, 0) is 55.4 Å². The van der Waals surface area contributed by atoms with E-state index in [0.717, 1.165) is 0 Å². The Morgan fingerprint density at radius 3 is 1.30 bits per heavy atom. The molecule has 0 rings (SSSR count). The van der Waals surface area contributed by atoms with E-state index in [1.807, 2.05) is 55.4 Å². The Kier molecular flexibility index (Phi) is 15.0. The Morgan fingerprint density at radius 2 is 1.00 bits per heavy atom. The van der Waals surface area contributed by atoms with Crippen LogP contribution in [0.25, 0.3) is 0 Å². The summed E-state index contributed by atoms with van der Waals surface area (Å²) in [4.78, 5) is 23.0. The van der Waals surface area contributed by atoms with Crippen LogP contribution in [-0.2, 0) is 38.0 Å². The van der Waals surface area contributed by atoms with Gasteiger partial charge in [-0.3, -0.25) is 0 Å². The van der Waals surface area contributed by atoms with E-state index in [2.05, 4.69) is 0 Å². The number of rotatable bonds is 15. The molecule has 10 heteroatoms. The second-order valence-corrected chi connectivity index (χ2v) is 11.2. The van der Waals surface area contributed by atoms with Gasteiger partial charge in [-0.25, -0.2) is 9.59 Å². The van der Waals surface area contributed by atoms with Crippen molar-refractivity contribution in [2.75, 3.05) is 39.6 Å². The van der Waals surface area contributed by atoms with Crippen molar-refractivity contribution in [1.82, 2.24) is 0 Å². The molecule has 0 fully saturated rings. The van der Waals surface area contributed by atoms with Crippen LogP contribution in [0.5, 0.6) is 0 Å². The molecule has 0 saturated heterocycles. The van der Waals surface area contributed by atoms with E-state index in [9.17, 15) is 9.59 Å². The highest BCUT2D eigenvalue weighted by Gasteiger charge is 2.17. The third-order valence-electron chi connectivity index (χ3n) is 2.77. The first kappa shape index (κ1) is 29.5. The highest BCUT2D eigenvalue weighted by Crippen LogP contribution is 2.31. The summed E-state index contributed by atoms with van der Waals surface area (Å²) < 4.78 is 32.0. The second kappa shape index (κ2) is 15.3. The second-order valence-electron chi connectivity index (χ2n) is 8.35. The molecule has 0 bridgehead atoms. The van der Waals surface area contributed by atoms with Crippen LogP contribution in [0.1, 0.15) is 55.4 Å². The van der Waals surface area contributed by atoms with Crippen molar-refractivity contribution >= 4 is 33.5 Å². The van der Waals surface area contributed by atoms with Crippen molar-refractivity contribution in [3.63, 3.8) is 0 Å². The molecule has 8 nitrogen and oxygen atoms in total. The molecule has 0 aliphatic carbocycles. The summed E-state index contributed by atoms with van der Waals surface area (Å²) in [5, 5.41) is 0. The van der Waals surface area contributed by atoms with Crippen LogP contribution in [0.15, 0.2) is 0 Å². The number of carbonyl (C=O) groups is 2. The lowest BCUT2D eigenvalue weighted by molar-refractivity contribution is -0.161. The number of hydrogen-bond acceptors (Lipinski definition) is 10. The van der Waals surface area contributed by atoms with Gasteiger partial charge in [0.05, 0.1) is 26.4 Å². The molecule has 0 aliphatic rings. The first-order valence-corrected chi connectivity index (χ1v) is 12.2. The zero-order valence-corrected chi connectivity index (χ0v) is 21.1. The van der Waals surface area contributed by atoms with Gasteiger partial charge in [-0.2, -0.15) is 0 Å². The van der Waals surface area contributed by atoms with Crippen LogP contribution in [0.4, 0.5) is 0 Å². The maximum atomic E-state index is 11.5. The molecule has 0 heterocycles. The predicted molar refractivity (Wildman–Crippen MR) is 119 cm³/mol. The Morgan fingerprint density at radius 1 is 0.667 bits per heavy atom. The topological polar surface area (TPSA) is 89.5 Å². The molecule has 0 saturated carbocycles. The summed E-state index contributed by atoms with van der Waals surface area (Å²) >= 11 is 0. The lowest BCUT2D eigenvalue weighted by Crippen LogP contribution is -2.27. The minimum atomic E-state index is -0.512. The molecule has 0 N–H and O–H groups in total. The normalized spacial score (nSPS) is 14.3. The summed E-state index contributed by atoms with van der Waals surface area (Å²) in [6.45, 7) is 16.0. The summed E-state index contributed by atoms with van der Waals surface area (Å²) in [5.74, 6) is -0.775. The quantitative estimate of drug-likeness (QED) is 0.152. The van der Waals surface area contributed by atoms with Gasteiger partial charge in [0.1, 0.15) is 35.3 Å². The van der Waals surface area contributed by atoms with Gasteiger partial charge in [0, 0.05) is 0 Å². The molecule has 0 spiro atoms. The third-order valence-corrected chi connectivity index (χ3v) is 5.65. The van der Waals surface area contributed by atoms with Crippen LogP contribution >= 0.6 is 21.6 Å². The zero-order chi connectivity index (χ0) is 23.2. The third kappa shape index (κ3) is 20.7. The zero-order valence-electron chi connectivity index (χ0n) is 19.5. The summed E-state index contributed by atoms with van der Waals surface area (Å²) in [6, 6.07) is 0. The molecule has 0 aliphatic heterocycles. The van der Waals surface area contributed by atoms with Crippen LogP contribution in [-0.4, -0.2) is 73.7 Å². The molecular weight excluding hydrogens is 432 g/mol. The van der Waals surface area contributed by atoms with Crippen LogP contribution in [0.2, 0.25) is 0 Å². The van der Waals surface area contributed by atoms with E-state index in [0.29, 0.717) is 26.4 Å². The minimum Gasteiger partial charge on any atom is -0.458 e. The monoisotopic (exact) mass is 470 g/mol. The smallest absolute Gasteiger partial charge is 0.332 e. The van der Waals surface area contributed by atoms with Crippen LogP contribution in [0.3, 0.4) is 0 Å². The molecule has 2 atom stereocenters. The molecule has 2 unspecified atom stereocenters. The first-order chi connectivity index (χ1) is 13.8. The molecular formula is C20H38O8S2. The maximum absolute atomic E-state index is 11.5. The number of hydrogen-bond donors (Lipinski definition) is 0. The summed E-state index contributed by atoms with van der Waals surface area (Å²) in [7, 11) is 3.08. The number of carbonyl (C=O) groups excluding carboxylic acids is 2. The highest BCUT2D eigenvalue weighted by molar-refractivity contribution is 8.77. The van der Waals surface area contributed by atoms with Crippen molar-refractivity contribution in [1.29, 1.82) is 0 Å². The van der Waals surface area contributed by atoms with Gasteiger partial charge >= 0.3 is 11.9 Å². The van der Waals surface area contributed by atoms with Gasteiger partial charge in [-0.15, -0.1) is 0 Å². The van der Waals surface area contributed by atoms with Crippen molar-refractivity contribution in [2.24, 2.45) is 0 Å². The van der Waals surface area contributed by atoms with Crippen molar-refractivity contribution in [3.05, 3.63) is 0 Å². The standard InChI is InChI=1S/C20H38O8S2/c1-15(25-11-9-23-13-17(21)27-19(3,4)5)29-30-16(2)26-12-10-24-14-18(22)28-20(6,7)8/h15-16H,9-14H2,1-8H3. The lowest BCUT2D eigenvalue weighted by Gasteiger charge is -2.19. The lowest BCUT2D eigenvalue weighted by atomic mass is 10.2. The van der Waals surface area contributed by atoms with Crippen molar-refractivity contribution in [3.8, 4) is 0 Å². The molecule has 0 aromatic carbocycles. The minimum absolute atomic E-state index is 0.0606. The average molecular weight is 471 g/mol. The fourth-order valence-corrected chi connectivity index (χ4v) is 3.70. The maximum Gasteiger partial charge on any atom is 0.332 e. The molecule has 0 radical (unpaired) electrons. The van der Waals surface area contributed by atoms with E-state index in [1.54, 1.807) is 0 Å². The molecule has 0 aromatic rings. The molecule has 0 aromatic heterocycles. The summed E-state index contributed by atoms with van der Waals surface area (Å²) in [6.07, 6.45) is 0. The number of ether oxygens (including phenoxy) is 6. The van der Waals surface area contributed by atoms with Gasteiger partial charge in [0.15, 0.2) is 0 Å². The average Bonchev–Trinajstić information content (AvgIpc) is 2.56. The van der Waals surface area contributed by atoms with Gasteiger partial charge in [0.25, 0.3) is 0 Å². The largest absolute Gasteiger partial charge is 0.458 e. The van der Waals surface area contributed by atoms with Gasteiger partial charge < -0.3 is 28.4 Å². The van der Waals surface area contributed by atoms with Crippen LogP contribution in [0, 0.1) is 0 Å². The van der Waals surface area contributed by atoms with Gasteiger partial charge in [0.2, 0.25) is 0 Å². The Bertz CT molecular complexity index is 444. The van der Waals surface area contributed by atoms with Gasteiger partial charge in [-0.1, -0.05) is 21.6 Å². The predicted octanol–water partition coefficient (Wildman–Crippen LogP) is 3.81. The van der Waals surface area contributed by atoms with E-state index in [-0.39, 0.29) is 36.0 Å². The van der Waals surface area contributed by atoms with E-state index >= 15 is 0 Å². The molecule has 0 amide bonds. The fraction of sp³-hybridized carbons (Fsp3) is 0.900. The highest BCUT2D eigenvalue weighted by atomic mass is 33.1. The first-order valence-electron chi connectivity index (χ1n) is 9.93. The Balaban J connectivity index is 3.62. The number of esters is 2. The molecule has 30 heavy (non-hydrogen) atoms. The van der Waals surface area contributed by atoms with E-state index in [4.69, 9.17) is 28.4 Å². The van der Waals surface area contributed by atoms with Crippen molar-refractivity contribution < 1.29 is 38.0 Å². The fourth-order valence-electron chi connectivity index (χ4n) is 1.81. The van der Waals surface area contributed by atoms with Crippen LogP contribution < -0.4 is 0 Å². The van der Waals surface area contributed by atoms with E-state index in [1.165, 1.54) is 21.6 Å².